The van der Waals surface area contributed by atoms with Crippen LogP contribution in [0.1, 0.15) is 113 Å². The molecule has 0 amide bonds. The predicted octanol–water partition coefficient (Wildman–Crippen LogP) is -5.11. The number of esters is 1. The molecule has 11 rings (SSSR count). The summed E-state index contributed by atoms with van der Waals surface area (Å²) in [4.78, 5) is 15.1. The fourth-order valence-corrected chi connectivity index (χ4v) is 18.8. The molecule has 5 aliphatic carbocycles. The molecular weight excluding hydrogens is 1260 g/mol. The summed E-state index contributed by atoms with van der Waals surface area (Å²) in [5.74, 6) is -0.870. The van der Waals surface area contributed by atoms with Crippen molar-refractivity contribution in [3.63, 3.8) is 0 Å². The topological polar surface area (TPSA) is 492 Å². The van der Waals surface area contributed by atoms with Crippen molar-refractivity contribution in [2.75, 3.05) is 39.6 Å². The number of rotatable bonds is 16. The Hall–Kier alpha value is -1.95. The maximum absolute atomic E-state index is 15.1. The van der Waals surface area contributed by atoms with Crippen LogP contribution in [0.5, 0.6) is 0 Å². The van der Waals surface area contributed by atoms with E-state index in [1.807, 2.05) is 6.92 Å². The first-order valence-electron chi connectivity index (χ1n) is 33.7. The molecule has 18 N–H and O–H groups in total. The van der Waals surface area contributed by atoms with E-state index in [1.165, 1.54) is 12.5 Å². The van der Waals surface area contributed by atoms with Crippen molar-refractivity contribution in [1.82, 2.24) is 0 Å². The Labute approximate surface area is 550 Å². The van der Waals surface area contributed by atoms with E-state index in [2.05, 4.69) is 40.7 Å². The van der Waals surface area contributed by atoms with Crippen LogP contribution in [-0.4, -0.2) is 316 Å². The van der Waals surface area contributed by atoms with Crippen LogP contribution in [-0.2, 0) is 61.6 Å². The lowest BCUT2D eigenvalue weighted by Gasteiger charge is -2.71. The highest BCUT2D eigenvalue weighted by Gasteiger charge is 2.71. The molecular formula is C64H104O31. The van der Waals surface area contributed by atoms with Crippen molar-refractivity contribution < 1.29 is 154 Å². The second-order valence-corrected chi connectivity index (χ2v) is 30.8. The maximum Gasteiger partial charge on any atom is 0.315 e. The van der Waals surface area contributed by atoms with Crippen LogP contribution >= 0.6 is 0 Å². The molecule has 31 heteroatoms. The number of ether oxygens (including phenoxy) is 12. The van der Waals surface area contributed by atoms with Gasteiger partial charge in [-0.1, -0.05) is 53.2 Å². The van der Waals surface area contributed by atoms with Crippen molar-refractivity contribution in [2.45, 2.75) is 291 Å². The highest BCUT2D eigenvalue weighted by Crippen LogP contribution is 2.76. The van der Waals surface area contributed by atoms with Gasteiger partial charge in [-0.3, -0.25) is 4.79 Å². The van der Waals surface area contributed by atoms with E-state index in [0.717, 1.165) is 6.42 Å². The van der Waals surface area contributed by atoms with Crippen molar-refractivity contribution in [1.29, 1.82) is 0 Å². The Morgan fingerprint density at radius 2 is 1.04 bits per heavy atom. The first kappa shape index (κ1) is 74.2. The maximum atomic E-state index is 15.1. The number of hydrogen-bond acceptors (Lipinski definition) is 31. The summed E-state index contributed by atoms with van der Waals surface area (Å²) in [7, 11) is 0. The molecule has 95 heavy (non-hydrogen) atoms. The van der Waals surface area contributed by atoms with E-state index in [1.54, 1.807) is 0 Å². The molecule has 6 aliphatic heterocycles. The zero-order chi connectivity index (χ0) is 69.1. The van der Waals surface area contributed by atoms with Gasteiger partial charge in [0.1, 0.15) is 128 Å². The molecule has 0 bridgehead atoms. The van der Waals surface area contributed by atoms with Crippen LogP contribution < -0.4 is 0 Å². The molecule has 0 spiro atoms. The fraction of sp³-hybridized carbons (Fsp3) is 0.953. The van der Waals surface area contributed by atoms with Crippen LogP contribution in [0.2, 0.25) is 0 Å². The molecule has 6 heterocycles. The van der Waals surface area contributed by atoms with E-state index >= 15 is 4.79 Å². The predicted molar refractivity (Wildman–Crippen MR) is 316 cm³/mol. The summed E-state index contributed by atoms with van der Waals surface area (Å²) in [5, 5.41) is 195. The van der Waals surface area contributed by atoms with E-state index in [4.69, 9.17) is 56.8 Å². The van der Waals surface area contributed by atoms with Gasteiger partial charge >= 0.3 is 5.97 Å². The third-order valence-electron chi connectivity index (χ3n) is 25.0. The van der Waals surface area contributed by atoms with Gasteiger partial charge in [0.25, 0.3) is 0 Å². The number of allylic oxidation sites excluding steroid dienone is 2. The zero-order valence-corrected chi connectivity index (χ0v) is 54.7. The average Bonchev–Trinajstić information content (AvgIpc) is 0.674. The van der Waals surface area contributed by atoms with Gasteiger partial charge in [-0.2, -0.15) is 0 Å². The Balaban J connectivity index is 0.765. The second-order valence-electron chi connectivity index (χ2n) is 30.8. The van der Waals surface area contributed by atoms with Crippen LogP contribution in [0.15, 0.2) is 11.6 Å². The summed E-state index contributed by atoms with van der Waals surface area (Å²) < 4.78 is 71.2. The zero-order valence-electron chi connectivity index (χ0n) is 54.7. The number of fused-ring (bicyclic) bond motifs is 7. The van der Waals surface area contributed by atoms with E-state index in [0.29, 0.717) is 57.8 Å². The van der Waals surface area contributed by atoms with Gasteiger partial charge in [0.2, 0.25) is 6.29 Å². The average molecular weight is 1370 g/mol. The van der Waals surface area contributed by atoms with Gasteiger partial charge in [-0.05, 0) is 111 Å². The molecule has 31 nitrogen and oxygen atoms in total. The van der Waals surface area contributed by atoms with E-state index in [9.17, 15) is 91.9 Å². The first-order valence-corrected chi connectivity index (χ1v) is 33.7. The Bertz CT molecular complexity index is 2660. The molecule has 0 aromatic rings. The Morgan fingerprint density at radius 1 is 0.495 bits per heavy atom. The second kappa shape index (κ2) is 28.0. The van der Waals surface area contributed by atoms with Crippen LogP contribution in [0.25, 0.3) is 0 Å². The molecule has 11 aliphatic rings. The van der Waals surface area contributed by atoms with Gasteiger partial charge in [0.15, 0.2) is 31.5 Å². The fourth-order valence-electron chi connectivity index (χ4n) is 18.8. The van der Waals surface area contributed by atoms with Crippen LogP contribution in [0, 0.1) is 50.2 Å². The van der Waals surface area contributed by atoms with Crippen LogP contribution in [0.4, 0.5) is 0 Å². The summed E-state index contributed by atoms with van der Waals surface area (Å²) in [5.41, 5.74) is -2.03. The minimum atomic E-state index is -2.05. The lowest BCUT2D eigenvalue weighted by Crippen LogP contribution is -2.67. The standard InChI is InChI=1S/C64H104O31/c1-25-36(70)50(93-55-47(81)43(77)49(31(21-67)89-55)92-54-46(80)42(76)39(73)30(20-66)88-54)48(82)56(86-25)94-51-37(71)28(69)22-84-57(51)91-35-11-12-60(4)33(61(35,5)24-68)10-13-63(7)34(60)9-8-26-27-18-59(2,3)14-16-64(27,17-15-62(26,63)6)58(83)95-52-44(78)40(74)32(23-85-52)90-53-45(79)41(75)38(72)29(19-65)87-53/h8,25,27-57,65-82H,9-24H2,1-7H3/t25-,27?,28+,29+,30+,31+,32+,33?,34+,35-,36-,37-,38+,39+,40-,41-,42-,43+,44+,45+,46+,47+,48+,49+,50+,51+,52-,53-,54-,55-,56-,57-,60-,61-,62+,63+,64-/m0/s1. The third-order valence-corrected chi connectivity index (χ3v) is 25.0. The SMILES string of the molecule is C[C@@H]1O[C@@H](O[C@H]2[C@H](O[C@H]3CC[C@@]4(C)C(CC[C@]5(C)[C@@H]4CC=C4C6CC(C)(C)CC[C@]6(C(=O)O[C@@H]6OC[C@@H](O[C@@H]7O[C@H](CO)[C@@H](O)[C@H](O)[C@H]7O)[C@H](O)[C@H]6O)CC[C@]45C)[C@]3(C)CO)OC[C@@H](O)[C@@H]2O)[C@H](O)[C@H](O[C@@H]2O[C@H](CO)[C@@H](O[C@@H]3O[C@H](CO)[C@@H](O)[C@H](O)[C@H]3O)[C@H](O)[C@H]2O)[C@H]1O. The van der Waals surface area contributed by atoms with Gasteiger partial charge in [-0.15, -0.1) is 0 Å². The van der Waals surface area contributed by atoms with Gasteiger partial charge in [0.05, 0.1) is 57.3 Å². The Kier molecular flexibility index (Phi) is 21.9. The van der Waals surface area contributed by atoms with E-state index < -0.39 is 233 Å². The molecule has 10 fully saturated rings. The number of aliphatic hydroxyl groups is 18. The molecule has 0 aromatic carbocycles. The van der Waals surface area contributed by atoms with Gasteiger partial charge < -0.3 is 149 Å². The number of aliphatic hydroxyl groups excluding tert-OH is 18. The lowest BCUT2D eigenvalue weighted by molar-refractivity contribution is -0.390. The summed E-state index contributed by atoms with van der Waals surface area (Å²) >= 11 is 0. The molecule has 2 unspecified atom stereocenters. The third kappa shape index (κ3) is 12.7. The van der Waals surface area contributed by atoms with Crippen molar-refractivity contribution >= 4 is 5.97 Å². The normalized spacial score (nSPS) is 54.8. The molecule has 4 saturated carbocycles. The number of carbonyl (C=O) groups excluding carboxylic acids is 1. The van der Waals surface area contributed by atoms with Gasteiger partial charge in [0, 0.05) is 5.41 Å². The number of carbonyl (C=O) groups is 1. The quantitative estimate of drug-likeness (QED) is 0.0390. The van der Waals surface area contributed by atoms with Crippen molar-refractivity contribution in [3.05, 3.63) is 11.6 Å². The number of hydrogen-bond donors (Lipinski definition) is 18. The summed E-state index contributed by atoms with van der Waals surface area (Å²) in [6.07, 6.45) is -39.3. The minimum absolute atomic E-state index is 0.0800. The first-order chi connectivity index (χ1) is 44.7. The largest absolute Gasteiger partial charge is 0.432 e. The monoisotopic (exact) mass is 1370 g/mol. The van der Waals surface area contributed by atoms with Crippen molar-refractivity contribution in [2.24, 2.45) is 50.2 Å². The highest BCUT2D eigenvalue weighted by atomic mass is 16.8. The smallest absolute Gasteiger partial charge is 0.315 e. The molecule has 0 aromatic heterocycles. The molecule has 546 valence electrons. The van der Waals surface area contributed by atoms with Crippen molar-refractivity contribution in [3.8, 4) is 0 Å². The molecule has 6 saturated heterocycles. The van der Waals surface area contributed by atoms with Gasteiger partial charge in [-0.25, -0.2) is 0 Å². The lowest BCUT2D eigenvalue weighted by atomic mass is 9.33. The minimum Gasteiger partial charge on any atom is -0.432 e. The Morgan fingerprint density at radius 3 is 1.66 bits per heavy atom. The summed E-state index contributed by atoms with van der Waals surface area (Å²) in [6.45, 7) is 11.2. The summed E-state index contributed by atoms with van der Waals surface area (Å²) in [6, 6.07) is 0. The molecule has 0 radical (unpaired) electrons. The van der Waals surface area contributed by atoms with Crippen LogP contribution in [0.3, 0.4) is 0 Å². The highest BCUT2D eigenvalue weighted by molar-refractivity contribution is 5.79. The molecule has 37 atom stereocenters. The van der Waals surface area contributed by atoms with E-state index in [-0.39, 0.29) is 40.6 Å².